The van der Waals surface area contributed by atoms with E-state index in [0.29, 0.717) is 6.04 Å². The molecule has 2 unspecified atom stereocenters. The Morgan fingerprint density at radius 3 is 3.00 bits per heavy atom. The molecule has 0 amide bonds. The lowest BCUT2D eigenvalue weighted by atomic mass is 10.0. The lowest BCUT2D eigenvalue weighted by molar-refractivity contribution is 0.416. The number of aromatic nitrogens is 1. The molecule has 2 rings (SSSR count). The van der Waals surface area contributed by atoms with Crippen LogP contribution in [0.2, 0.25) is 0 Å². The SMILES string of the molecule is NC1CCCCC(CCc2ccccn2)N1. The van der Waals surface area contributed by atoms with E-state index in [4.69, 9.17) is 5.73 Å². The Kier molecular flexibility index (Phi) is 4.31. The van der Waals surface area contributed by atoms with E-state index < -0.39 is 0 Å². The largest absolute Gasteiger partial charge is 0.316 e. The lowest BCUT2D eigenvalue weighted by Gasteiger charge is -2.19. The van der Waals surface area contributed by atoms with Gasteiger partial charge in [-0.2, -0.15) is 0 Å². The number of hydrogen-bond acceptors (Lipinski definition) is 3. The minimum atomic E-state index is 0.191. The van der Waals surface area contributed by atoms with E-state index in [1.807, 2.05) is 12.3 Å². The molecule has 1 aliphatic heterocycles. The zero-order chi connectivity index (χ0) is 11.2. The fraction of sp³-hybridized carbons (Fsp3) is 0.615. The van der Waals surface area contributed by atoms with Gasteiger partial charge in [-0.3, -0.25) is 10.3 Å². The summed E-state index contributed by atoms with van der Waals surface area (Å²) in [6, 6.07) is 6.67. The summed E-state index contributed by atoms with van der Waals surface area (Å²) in [4.78, 5) is 4.35. The number of hydrogen-bond donors (Lipinski definition) is 2. The van der Waals surface area contributed by atoms with Gasteiger partial charge >= 0.3 is 0 Å². The molecule has 0 aromatic carbocycles. The Morgan fingerprint density at radius 1 is 1.31 bits per heavy atom. The summed E-state index contributed by atoms with van der Waals surface area (Å²) >= 11 is 0. The molecular formula is C13H21N3. The molecule has 0 bridgehead atoms. The Hall–Kier alpha value is -0.930. The molecule has 1 aromatic heterocycles. The van der Waals surface area contributed by atoms with Crippen LogP contribution in [0.1, 0.15) is 37.8 Å². The second kappa shape index (κ2) is 5.97. The first kappa shape index (κ1) is 11.6. The molecule has 0 spiro atoms. The first-order valence-corrected chi connectivity index (χ1v) is 6.26. The molecular weight excluding hydrogens is 198 g/mol. The van der Waals surface area contributed by atoms with Gasteiger partial charge in [-0.25, -0.2) is 0 Å². The van der Waals surface area contributed by atoms with Crippen molar-refractivity contribution in [3.05, 3.63) is 30.1 Å². The lowest BCUT2D eigenvalue weighted by Crippen LogP contribution is -2.42. The maximum atomic E-state index is 5.97. The minimum Gasteiger partial charge on any atom is -0.316 e. The second-order valence-corrected chi connectivity index (χ2v) is 4.61. The predicted octanol–water partition coefficient (Wildman–Crippen LogP) is 1.83. The monoisotopic (exact) mass is 219 g/mol. The molecule has 1 saturated heterocycles. The Morgan fingerprint density at radius 2 is 2.19 bits per heavy atom. The van der Waals surface area contributed by atoms with Crippen molar-refractivity contribution >= 4 is 0 Å². The van der Waals surface area contributed by atoms with E-state index >= 15 is 0 Å². The summed E-state index contributed by atoms with van der Waals surface area (Å²) in [6.45, 7) is 0. The quantitative estimate of drug-likeness (QED) is 0.815. The van der Waals surface area contributed by atoms with E-state index in [-0.39, 0.29) is 6.17 Å². The normalized spacial score (nSPS) is 26.3. The molecule has 3 heteroatoms. The van der Waals surface area contributed by atoms with Crippen molar-refractivity contribution in [2.75, 3.05) is 0 Å². The van der Waals surface area contributed by atoms with Crippen LogP contribution >= 0.6 is 0 Å². The van der Waals surface area contributed by atoms with Crippen molar-refractivity contribution in [1.29, 1.82) is 0 Å². The maximum Gasteiger partial charge on any atom is 0.0548 e. The van der Waals surface area contributed by atoms with Crippen molar-refractivity contribution in [3.8, 4) is 0 Å². The molecule has 3 N–H and O–H groups in total. The average Bonchev–Trinajstić information content (AvgIpc) is 2.52. The van der Waals surface area contributed by atoms with Crippen LogP contribution in [-0.2, 0) is 6.42 Å². The van der Waals surface area contributed by atoms with Crippen LogP contribution in [0.4, 0.5) is 0 Å². The minimum absolute atomic E-state index is 0.191. The van der Waals surface area contributed by atoms with Crippen molar-refractivity contribution in [2.24, 2.45) is 5.73 Å². The number of aryl methyl sites for hydroxylation is 1. The van der Waals surface area contributed by atoms with Gasteiger partial charge in [0.05, 0.1) is 6.17 Å². The van der Waals surface area contributed by atoms with Crippen LogP contribution in [0.25, 0.3) is 0 Å². The Bertz CT molecular complexity index is 299. The number of nitrogens with zero attached hydrogens (tertiary/aromatic N) is 1. The van der Waals surface area contributed by atoms with Crippen LogP contribution < -0.4 is 11.1 Å². The number of nitrogens with two attached hydrogens (primary N) is 1. The third-order valence-corrected chi connectivity index (χ3v) is 3.24. The second-order valence-electron chi connectivity index (χ2n) is 4.61. The summed E-state index contributed by atoms with van der Waals surface area (Å²) in [5.74, 6) is 0. The standard InChI is InChI=1S/C13H21N3/c14-13-7-2-1-6-12(16-13)9-8-11-5-3-4-10-15-11/h3-5,10,12-13,16H,1-2,6-9,14H2. The van der Waals surface area contributed by atoms with E-state index in [2.05, 4.69) is 22.4 Å². The summed E-state index contributed by atoms with van der Waals surface area (Å²) in [7, 11) is 0. The van der Waals surface area contributed by atoms with Crippen LogP contribution in [0, 0.1) is 0 Å². The third kappa shape index (κ3) is 3.58. The first-order valence-electron chi connectivity index (χ1n) is 6.26. The fourth-order valence-corrected chi connectivity index (χ4v) is 2.32. The maximum absolute atomic E-state index is 5.97. The molecule has 1 aromatic rings. The van der Waals surface area contributed by atoms with Crippen molar-refractivity contribution in [1.82, 2.24) is 10.3 Å². The summed E-state index contributed by atoms with van der Waals surface area (Å²) < 4.78 is 0. The molecule has 3 nitrogen and oxygen atoms in total. The number of pyridine rings is 1. The van der Waals surface area contributed by atoms with Crippen molar-refractivity contribution < 1.29 is 0 Å². The van der Waals surface area contributed by atoms with Crippen LogP contribution in [0.15, 0.2) is 24.4 Å². The topological polar surface area (TPSA) is 50.9 Å². The van der Waals surface area contributed by atoms with Crippen molar-refractivity contribution in [3.63, 3.8) is 0 Å². The zero-order valence-corrected chi connectivity index (χ0v) is 9.73. The molecule has 88 valence electrons. The van der Waals surface area contributed by atoms with Gasteiger partial charge in [-0.1, -0.05) is 18.9 Å². The number of rotatable bonds is 3. The van der Waals surface area contributed by atoms with Gasteiger partial charge in [-0.15, -0.1) is 0 Å². The highest BCUT2D eigenvalue weighted by Gasteiger charge is 2.15. The van der Waals surface area contributed by atoms with Gasteiger partial charge in [0.1, 0.15) is 0 Å². The van der Waals surface area contributed by atoms with Gasteiger partial charge < -0.3 is 5.73 Å². The third-order valence-electron chi connectivity index (χ3n) is 3.24. The highest BCUT2D eigenvalue weighted by molar-refractivity contribution is 5.03. The molecule has 1 aliphatic rings. The van der Waals surface area contributed by atoms with Crippen LogP contribution in [0.3, 0.4) is 0 Å². The molecule has 0 radical (unpaired) electrons. The predicted molar refractivity (Wildman–Crippen MR) is 65.9 cm³/mol. The molecule has 2 atom stereocenters. The molecule has 2 heterocycles. The van der Waals surface area contributed by atoms with Gasteiger partial charge in [0.2, 0.25) is 0 Å². The van der Waals surface area contributed by atoms with Crippen LogP contribution in [0.5, 0.6) is 0 Å². The van der Waals surface area contributed by atoms with E-state index in [1.54, 1.807) is 0 Å². The van der Waals surface area contributed by atoms with Gasteiger partial charge in [0.25, 0.3) is 0 Å². The average molecular weight is 219 g/mol. The van der Waals surface area contributed by atoms with Crippen LogP contribution in [-0.4, -0.2) is 17.2 Å². The Labute approximate surface area is 97.5 Å². The smallest absolute Gasteiger partial charge is 0.0548 e. The summed E-state index contributed by atoms with van der Waals surface area (Å²) in [5, 5.41) is 3.50. The summed E-state index contributed by atoms with van der Waals surface area (Å²) in [6.07, 6.45) is 9.16. The molecule has 1 fully saturated rings. The van der Waals surface area contributed by atoms with E-state index in [0.717, 1.165) is 19.3 Å². The molecule has 0 saturated carbocycles. The highest BCUT2D eigenvalue weighted by Crippen LogP contribution is 2.14. The van der Waals surface area contributed by atoms with Gasteiger partial charge in [-0.05, 0) is 37.8 Å². The highest BCUT2D eigenvalue weighted by atomic mass is 15.0. The van der Waals surface area contributed by atoms with E-state index in [1.165, 1.54) is 25.0 Å². The van der Waals surface area contributed by atoms with Gasteiger partial charge in [0.15, 0.2) is 0 Å². The number of nitrogens with one attached hydrogen (secondary N) is 1. The Balaban J connectivity index is 1.80. The molecule has 16 heavy (non-hydrogen) atoms. The van der Waals surface area contributed by atoms with Crippen molar-refractivity contribution in [2.45, 2.75) is 50.7 Å². The van der Waals surface area contributed by atoms with Gasteiger partial charge in [0, 0.05) is 17.9 Å². The first-order chi connectivity index (χ1) is 7.84. The zero-order valence-electron chi connectivity index (χ0n) is 9.73. The summed E-state index contributed by atoms with van der Waals surface area (Å²) in [5.41, 5.74) is 7.15. The fourth-order valence-electron chi connectivity index (χ4n) is 2.32. The molecule has 0 aliphatic carbocycles. The van der Waals surface area contributed by atoms with E-state index in [9.17, 15) is 0 Å².